The fraction of sp³-hybridized carbons (Fsp3) is 0.900. The van der Waals surface area contributed by atoms with Crippen LogP contribution in [0.1, 0.15) is 46.0 Å². The predicted octanol–water partition coefficient (Wildman–Crippen LogP) is 3.12. The molecule has 0 aliphatic heterocycles. The van der Waals surface area contributed by atoms with Gasteiger partial charge < -0.3 is 0 Å². The van der Waals surface area contributed by atoms with Crippen LogP contribution in [0.25, 0.3) is 0 Å². The van der Waals surface area contributed by atoms with Crippen molar-refractivity contribution in [2.24, 2.45) is 11.3 Å². The molecule has 0 aromatic rings. The molecule has 0 bridgehead atoms. The van der Waals surface area contributed by atoms with Gasteiger partial charge in [0.25, 0.3) is 0 Å². The molecule has 1 aliphatic carbocycles. The Morgan fingerprint density at radius 2 is 2.00 bits per heavy atom. The van der Waals surface area contributed by atoms with Gasteiger partial charge >= 0.3 is 0 Å². The summed E-state index contributed by atoms with van der Waals surface area (Å²) >= 11 is 0. The number of nitriles is 1. The van der Waals surface area contributed by atoms with Gasteiger partial charge in [-0.25, -0.2) is 0 Å². The molecule has 0 aromatic heterocycles. The molecule has 0 radical (unpaired) electrons. The van der Waals surface area contributed by atoms with E-state index >= 15 is 0 Å². The predicted molar refractivity (Wildman–Crippen MR) is 46.0 cm³/mol. The van der Waals surface area contributed by atoms with Gasteiger partial charge in [-0.15, -0.1) is 0 Å². The van der Waals surface area contributed by atoms with Crippen LogP contribution in [-0.4, -0.2) is 0 Å². The van der Waals surface area contributed by atoms with Gasteiger partial charge in [-0.1, -0.05) is 20.3 Å². The van der Waals surface area contributed by atoms with E-state index < -0.39 is 0 Å². The summed E-state index contributed by atoms with van der Waals surface area (Å²) < 4.78 is 0. The average Bonchev–Trinajstić information content (AvgIpc) is 2.06. The van der Waals surface area contributed by atoms with Gasteiger partial charge in [0, 0.05) is 5.92 Å². The molecule has 11 heavy (non-hydrogen) atoms. The zero-order chi connectivity index (χ0) is 8.32. The zero-order valence-electron chi connectivity index (χ0n) is 7.56. The third kappa shape index (κ3) is 1.96. The van der Waals surface area contributed by atoms with Crippen molar-refractivity contribution in [2.45, 2.75) is 46.0 Å². The maximum absolute atomic E-state index is 8.68. The van der Waals surface area contributed by atoms with Gasteiger partial charge in [-0.3, -0.25) is 0 Å². The van der Waals surface area contributed by atoms with Crippen molar-refractivity contribution in [1.29, 1.82) is 5.26 Å². The summed E-state index contributed by atoms with van der Waals surface area (Å²) in [5.41, 5.74) is 0.549. The fourth-order valence-electron chi connectivity index (χ4n) is 1.80. The van der Waals surface area contributed by atoms with E-state index in [0.29, 0.717) is 11.3 Å². The molecular weight excluding hydrogens is 134 g/mol. The summed E-state index contributed by atoms with van der Waals surface area (Å²) in [6.45, 7) is 4.60. The third-order valence-corrected chi connectivity index (χ3v) is 3.23. The number of hydrogen-bond acceptors (Lipinski definition) is 1. The Morgan fingerprint density at radius 3 is 2.36 bits per heavy atom. The molecule has 1 aliphatic rings. The van der Waals surface area contributed by atoms with Crippen LogP contribution in [0.4, 0.5) is 0 Å². The van der Waals surface area contributed by atoms with Gasteiger partial charge in [0.2, 0.25) is 0 Å². The van der Waals surface area contributed by atoms with Crippen LogP contribution in [0.15, 0.2) is 0 Å². The summed E-state index contributed by atoms with van der Waals surface area (Å²) in [6.07, 6.45) is 6.02. The van der Waals surface area contributed by atoms with Crippen molar-refractivity contribution >= 4 is 0 Å². The molecule has 0 spiro atoms. The van der Waals surface area contributed by atoms with Crippen molar-refractivity contribution in [3.05, 3.63) is 0 Å². The van der Waals surface area contributed by atoms with Crippen LogP contribution < -0.4 is 0 Å². The maximum atomic E-state index is 8.68. The Balaban J connectivity index is 2.42. The number of hydrogen-bond donors (Lipinski definition) is 0. The Labute approximate surface area is 69.4 Å². The SMILES string of the molecule is CCC1(C)CCC(C#N)CC1. The van der Waals surface area contributed by atoms with E-state index in [-0.39, 0.29) is 0 Å². The van der Waals surface area contributed by atoms with E-state index in [1.807, 2.05) is 0 Å². The third-order valence-electron chi connectivity index (χ3n) is 3.23. The standard InChI is InChI=1S/C10H17N/c1-3-10(2)6-4-9(8-11)5-7-10/h9H,3-7H2,1-2H3. The summed E-state index contributed by atoms with van der Waals surface area (Å²) in [5, 5.41) is 8.68. The molecule has 0 amide bonds. The maximum Gasteiger partial charge on any atom is 0.0655 e. The van der Waals surface area contributed by atoms with Crippen LogP contribution in [0, 0.1) is 22.7 Å². The lowest BCUT2D eigenvalue weighted by Crippen LogP contribution is -2.22. The highest BCUT2D eigenvalue weighted by atomic mass is 14.4. The van der Waals surface area contributed by atoms with Crippen LogP contribution in [0.3, 0.4) is 0 Å². The van der Waals surface area contributed by atoms with Crippen LogP contribution >= 0.6 is 0 Å². The van der Waals surface area contributed by atoms with E-state index in [1.54, 1.807) is 0 Å². The van der Waals surface area contributed by atoms with Crippen molar-refractivity contribution in [1.82, 2.24) is 0 Å². The Morgan fingerprint density at radius 1 is 1.45 bits per heavy atom. The van der Waals surface area contributed by atoms with E-state index in [4.69, 9.17) is 5.26 Å². The molecule has 1 saturated carbocycles. The van der Waals surface area contributed by atoms with Crippen molar-refractivity contribution in [2.75, 3.05) is 0 Å². The van der Waals surface area contributed by atoms with Crippen molar-refractivity contribution in [3.8, 4) is 6.07 Å². The lowest BCUT2D eigenvalue weighted by molar-refractivity contribution is 0.185. The number of rotatable bonds is 1. The minimum absolute atomic E-state index is 0.356. The van der Waals surface area contributed by atoms with Gasteiger partial charge in [0.1, 0.15) is 0 Å². The lowest BCUT2D eigenvalue weighted by atomic mass is 9.71. The Kier molecular flexibility index (Phi) is 2.54. The Hall–Kier alpha value is -0.510. The molecule has 1 heteroatoms. The van der Waals surface area contributed by atoms with E-state index in [9.17, 15) is 0 Å². The topological polar surface area (TPSA) is 23.8 Å². The minimum atomic E-state index is 0.356. The summed E-state index contributed by atoms with van der Waals surface area (Å²) in [4.78, 5) is 0. The van der Waals surface area contributed by atoms with E-state index in [2.05, 4.69) is 19.9 Å². The first-order valence-corrected chi connectivity index (χ1v) is 4.60. The molecule has 0 unspecified atom stereocenters. The minimum Gasteiger partial charge on any atom is -0.198 e. The molecule has 0 aromatic carbocycles. The lowest BCUT2D eigenvalue weighted by Gasteiger charge is -2.34. The van der Waals surface area contributed by atoms with Crippen LogP contribution in [-0.2, 0) is 0 Å². The number of nitrogens with zero attached hydrogens (tertiary/aromatic N) is 1. The molecule has 62 valence electrons. The molecule has 0 heterocycles. The summed E-state index contributed by atoms with van der Waals surface area (Å²) in [7, 11) is 0. The fourth-order valence-corrected chi connectivity index (χ4v) is 1.80. The zero-order valence-corrected chi connectivity index (χ0v) is 7.56. The van der Waals surface area contributed by atoms with Crippen LogP contribution in [0.2, 0.25) is 0 Å². The van der Waals surface area contributed by atoms with E-state index in [0.717, 1.165) is 12.8 Å². The van der Waals surface area contributed by atoms with Crippen molar-refractivity contribution < 1.29 is 0 Å². The highest BCUT2D eigenvalue weighted by Crippen LogP contribution is 2.40. The first-order chi connectivity index (χ1) is 5.20. The Bertz CT molecular complexity index is 158. The van der Waals surface area contributed by atoms with Crippen LogP contribution in [0.5, 0.6) is 0 Å². The normalized spacial score (nSPS) is 38.1. The average molecular weight is 151 g/mol. The van der Waals surface area contributed by atoms with Crippen molar-refractivity contribution in [3.63, 3.8) is 0 Å². The molecule has 0 atom stereocenters. The first kappa shape index (κ1) is 8.59. The van der Waals surface area contributed by atoms with Gasteiger partial charge in [0.15, 0.2) is 0 Å². The molecular formula is C10H17N. The van der Waals surface area contributed by atoms with E-state index in [1.165, 1.54) is 19.3 Å². The highest BCUT2D eigenvalue weighted by molar-refractivity contribution is 4.90. The molecule has 1 rings (SSSR count). The summed E-state index contributed by atoms with van der Waals surface area (Å²) in [5.74, 6) is 0.356. The quantitative estimate of drug-likeness (QED) is 0.565. The summed E-state index contributed by atoms with van der Waals surface area (Å²) in [6, 6.07) is 2.37. The molecule has 0 N–H and O–H groups in total. The second-order valence-corrected chi connectivity index (χ2v) is 4.07. The molecule has 1 nitrogen and oxygen atoms in total. The molecule has 0 saturated heterocycles. The van der Waals surface area contributed by atoms with Gasteiger partial charge in [-0.2, -0.15) is 5.26 Å². The van der Waals surface area contributed by atoms with Gasteiger partial charge in [0.05, 0.1) is 6.07 Å². The smallest absolute Gasteiger partial charge is 0.0655 e. The second kappa shape index (κ2) is 3.26. The largest absolute Gasteiger partial charge is 0.198 e. The highest BCUT2D eigenvalue weighted by Gasteiger charge is 2.28. The second-order valence-electron chi connectivity index (χ2n) is 4.07. The molecule has 1 fully saturated rings. The van der Waals surface area contributed by atoms with Gasteiger partial charge in [-0.05, 0) is 31.1 Å². The monoisotopic (exact) mass is 151 g/mol. The first-order valence-electron chi connectivity index (χ1n) is 4.60.